The molecule has 0 saturated heterocycles. The van der Waals surface area contributed by atoms with Crippen LogP contribution in [0.1, 0.15) is 16.7 Å². The van der Waals surface area contributed by atoms with Crippen LogP contribution in [-0.4, -0.2) is 41.9 Å². The van der Waals surface area contributed by atoms with E-state index in [1.807, 2.05) is 30.3 Å². The molecule has 29 heavy (non-hydrogen) atoms. The van der Waals surface area contributed by atoms with E-state index < -0.39 is 18.6 Å². The Hall–Kier alpha value is -2.88. The zero-order valence-corrected chi connectivity index (χ0v) is 16.7. The van der Waals surface area contributed by atoms with Gasteiger partial charge in [0.15, 0.2) is 0 Å². The predicted octanol–water partition coefficient (Wildman–Crippen LogP) is 0.502. The first-order valence-corrected chi connectivity index (χ1v) is 9.98. The summed E-state index contributed by atoms with van der Waals surface area (Å²) in [6, 6.07) is 15.7. The van der Waals surface area contributed by atoms with Gasteiger partial charge in [-0.2, -0.15) is 0 Å². The van der Waals surface area contributed by atoms with E-state index in [1.165, 1.54) is 11.9 Å². The Morgan fingerprint density at radius 1 is 1.07 bits per heavy atom. The molecule has 9 heteroatoms. The van der Waals surface area contributed by atoms with Crippen molar-refractivity contribution in [2.45, 2.75) is 18.3 Å². The SMILES string of the molecule is N=C(N)c1ccc(CNC(=O)C(CO)NC(=O)CNSCc2ccccc2)cc1. The van der Waals surface area contributed by atoms with Gasteiger partial charge in [0.25, 0.3) is 0 Å². The van der Waals surface area contributed by atoms with Gasteiger partial charge in [0.1, 0.15) is 11.9 Å². The van der Waals surface area contributed by atoms with Crippen molar-refractivity contribution in [1.82, 2.24) is 15.4 Å². The van der Waals surface area contributed by atoms with Crippen LogP contribution in [0.4, 0.5) is 0 Å². The number of aliphatic hydroxyl groups is 1. The van der Waals surface area contributed by atoms with E-state index in [4.69, 9.17) is 11.1 Å². The Morgan fingerprint density at radius 3 is 2.38 bits per heavy atom. The van der Waals surface area contributed by atoms with Crippen molar-refractivity contribution in [3.8, 4) is 0 Å². The molecule has 0 radical (unpaired) electrons. The molecule has 0 aromatic heterocycles. The van der Waals surface area contributed by atoms with Crippen molar-refractivity contribution < 1.29 is 14.7 Å². The third kappa shape index (κ3) is 7.94. The van der Waals surface area contributed by atoms with Gasteiger partial charge >= 0.3 is 0 Å². The normalized spacial score (nSPS) is 11.5. The van der Waals surface area contributed by atoms with Gasteiger partial charge in [-0.05, 0) is 11.1 Å². The molecule has 2 aromatic carbocycles. The first kappa shape index (κ1) is 22.4. The molecule has 2 aromatic rings. The molecule has 2 rings (SSSR count). The zero-order chi connectivity index (χ0) is 21.1. The first-order chi connectivity index (χ1) is 14.0. The number of nitrogens with two attached hydrogens (primary N) is 1. The minimum Gasteiger partial charge on any atom is -0.394 e. The van der Waals surface area contributed by atoms with Gasteiger partial charge < -0.3 is 21.5 Å². The summed E-state index contributed by atoms with van der Waals surface area (Å²) in [5.74, 6) is -0.182. The first-order valence-electron chi connectivity index (χ1n) is 8.99. The lowest BCUT2D eigenvalue weighted by molar-refractivity contribution is -0.129. The summed E-state index contributed by atoms with van der Waals surface area (Å²) in [5, 5.41) is 22.0. The molecule has 1 unspecified atom stereocenters. The van der Waals surface area contributed by atoms with Crippen molar-refractivity contribution in [2.24, 2.45) is 5.73 Å². The fraction of sp³-hybridized carbons (Fsp3) is 0.250. The highest BCUT2D eigenvalue weighted by molar-refractivity contribution is 7.96. The maximum Gasteiger partial charge on any atom is 0.245 e. The monoisotopic (exact) mass is 415 g/mol. The average Bonchev–Trinajstić information content (AvgIpc) is 2.74. The second-order valence-electron chi connectivity index (χ2n) is 6.23. The fourth-order valence-electron chi connectivity index (χ4n) is 2.38. The van der Waals surface area contributed by atoms with E-state index in [-0.39, 0.29) is 24.8 Å². The van der Waals surface area contributed by atoms with Crippen molar-refractivity contribution in [3.05, 3.63) is 71.3 Å². The van der Waals surface area contributed by atoms with Gasteiger partial charge in [-0.3, -0.25) is 19.7 Å². The number of rotatable bonds is 11. The fourth-order valence-corrected chi connectivity index (χ4v) is 3.07. The molecule has 8 nitrogen and oxygen atoms in total. The summed E-state index contributed by atoms with van der Waals surface area (Å²) in [4.78, 5) is 24.2. The Morgan fingerprint density at radius 2 is 1.76 bits per heavy atom. The Balaban J connectivity index is 1.71. The minimum absolute atomic E-state index is 0.0216. The van der Waals surface area contributed by atoms with Gasteiger partial charge in [0.2, 0.25) is 11.8 Å². The van der Waals surface area contributed by atoms with E-state index in [0.29, 0.717) is 11.3 Å². The summed E-state index contributed by atoms with van der Waals surface area (Å²) in [5.41, 5.74) is 7.94. The molecule has 0 saturated carbocycles. The lowest BCUT2D eigenvalue weighted by Gasteiger charge is -2.16. The molecule has 2 amide bonds. The molecule has 0 heterocycles. The highest BCUT2D eigenvalue weighted by Gasteiger charge is 2.19. The number of nitrogens with one attached hydrogen (secondary N) is 4. The lowest BCUT2D eigenvalue weighted by atomic mass is 10.1. The second kappa shape index (κ2) is 11.8. The van der Waals surface area contributed by atoms with E-state index in [1.54, 1.807) is 24.3 Å². The number of benzene rings is 2. The van der Waals surface area contributed by atoms with Gasteiger partial charge in [-0.25, -0.2) is 0 Å². The van der Waals surface area contributed by atoms with Crippen LogP contribution in [0.2, 0.25) is 0 Å². The quantitative estimate of drug-likeness (QED) is 0.137. The van der Waals surface area contributed by atoms with E-state index >= 15 is 0 Å². The molecule has 154 valence electrons. The summed E-state index contributed by atoms with van der Waals surface area (Å²) < 4.78 is 2.94. The molecule has 0 aliphatic heterocycles. The molecule has 0 spiro atoms. The number of amides is 2. The third-order valence-corrected chi connectivity index (χ3v) is 4.81. The van der Waals surface area contributed by atoms with Crippen LogP contribution in [0.25, 0.3) is 0 Å². The Kier molecular flexibility index (Phi) is 9.16. The van der Waals surface area contributed by atoms with Crippen LogP contribution in [0, 0.1) is 5.41 Å². The minimum atomic E-state index is -1.03. The number of carbonyl (C=O) groups excluding carboxylic acids is 2. The summed E-state index contributed by atoms with van der Waals surface area (Å²) in [6.45, 7) is -0.250. The smallest absolute Gasteiger partial charge is 0.245 e. The van der Waals surface area contributed by atoms with Crippen molar-refractivity contribution in [3.63, 3.8) is 0 Å². The second-order valence-corrected chi connectivity index (χ2v) is 7.09. The van der Waals surface area contributed by atoms with Crippen LogP contribution < -0.4 is 21.1 Å². The Bertz CT molecular complexity index is 815. The molecular formula is C20H25N5O3S. The standard InChI is InChI=1S/C20H25N5O3S/c21-19(22)16-8-6-14(7-9-16)10-23-20(28)17(12-26)25-18(27)11-24-29-13-15-4-2-1-3-5-15/h1-9,17,24,26H,10-13H2,(H3,21,22)(H,23,28)(H,25,27). The highest BCUT2D eigenvalue weighted by atomic mass is 32.2. The van der Waals surface area contributed by atoms with Crippen molar-refractivity contribution >= 4 is 29.6 Å². The van der Waals surface area contributed by atoms with Gasteiger partial charge in [0.05, 0.1) is 13.2 Å². The largest absolute Gasteiger partial charge is 0.394 e. The van der Waals surface area contributed by atoms with Gasteiger partial charge in [-0.15, -0.1) is 0 Å². The topological polar surface area (TPSA) is 140 Å². The van der Waals surface area contributed by atoms with Crippen molar-refractivity contribution in [1.29, 1.82) is 5.41 Å². The molecule has 1 atom stereocenters. The van der Waals surface area contributed by atoms with Crippen LogP contribution in [0.15, 0.2) is 54.6 Å². The van der Waals surface area contributed by atoms with Crippen molar-refractivity contribution in [2.75, 3.05) is 13.2 Å². The molecule has 7 N–H and O–H groups in total. The number of nitrogen functional groups attached to an aromatic ring is 1. The third-order valence-electron chi connectivity index (χ3n) is 3.98. The average molecular weight is 416 g/mol. The molecule has 0 aliphatic carbocycles. The maximum absolute atomic E-state index is 12.2. The van der Waals surface area contributed by atoms with Gasteiger partial charge in [0, 0.05) is 17.9 Å². The predicted molar refractivity (Wildman–Crippen MR) is 114 cm³/mol. The van der Waals surface area contributed by atoms with Crippen LogP contribution in [0.5, 0.6) is 0 Å². The molecule has 0 aliphatic rings. The molecule has 0 bridgehead atoms. The Labute approximate surface area is 173 Å². The summed E-state index contributed by atoms with van der Waals surface area (Å²) >= 11 is 1.39. The molecular weight excluding hydrogens is 390 g/mol. The highest BCUT2D eigenvalue weighted by Crippen LogP contribution is 2.07. The van der Waals surface area contributed by atoms with E-state index in [9.17, 15) is 14.7 Å². The van der Waals surface area contributed by atoms with Crippen LogP contribution >= 0.6 is 11.9 Å². The van der Waals surface area contributed by atoms with E-state index in [0.717, 1.165) is 11.1 Å². The lowest BCUT2D eigenvalue weighted by Crippen LogP contribution is -2.50. The number of amidine groups is 1. The van der Waals surface area contributed by atoms with Crippen LogP contribution in [0.3, 0.4) is 0 Å². The number of aliphatic hydroxyl groups excluding tert-OH is 1. The summed E-state index contributed by atoms with van der Waals surface area (Å²) in [6.07, 6.45) is 0. The zero-order valence-electron chi connectivity index (χ0n) is 15.9. The number of hydrogen-bond acceptors (Lipinski definition) is 6. The number of carbonyl (C=O) groups is 2. The van der Waals surface area contributed by atoms with Gasteiger partial charge in [-0.1, -0.05) is 66.5 Å². The number of hydrogen-bond donors (Lipinski definition) is 6. The van der Waals surface area contributed by atoms with E-state index in [2.05, 4.69) is 15.4 Å². The molecule has 0 fully saturated rings. The summed E-state index contributed by atoms with van der Waals surface area (Å²) in [7, 11) is 0. The maximum atomic E-state index is 12.2. The van der Waals surface area contributed by atoms with Crippen LogP contribution in [-0.2, 0) is 21.9 Å².